The van der Waals surface area contributed by atoms with Crippen molar-refractivity contribution in [3.8, 4) is 0 Å². The third kappa shape index (κ3) is 3.17. The highest BCUT2D eigenvalue weighted by Gasteiger charge is 2.18. The van der Waals surface area contributed by atoms with Crippen molar-refractivity contribution in [2.24, 2.45) is 0 Å². The number of aromatic nitrogens is 1. The first-order valence-electron chi connectivity index (χ1n) is 6.46. The number of rotatable bonds is 5. The monoisotopic (exact) mass is 290 g/mol. The van der Waals surface area contributed by atoms with Gasteiger partial charge in [-0.05, 0) is 23.8 Å². The molecule has 0 spiro atoms. The van der Waals surface area contributed by atoms with Crippen LogP contribution in [0.5, 0.6) is 0 Å². The summed E-state index contributed by atoms with van der Waals surface area (Å²) in [6.07, 6.45) is 3.51. The molecule has 5 heteroatoms. The predicted molar refractivity (Wildman–Crippen MR) is 80.5 cm³/mol. The normalized spacial score (nSPS) is 11.3. The molecule has 0 atom stereocenters. The van der Waals surface area contributed by atoms with Gasteiger partial charge in [-0.1, -0.05) is 25.1 Å². The summed E-state index contributed by atoms with van der Waals surface area (Å²) in [6.45, 7) is 2.28. The SMILES string of the molecule is CCS(=O)(=O)c1ccccc1N(C)Cc1cccnc1. The van der Waals surface area contributed by atoms with Crippen molar-refractivity contribution in [1.82, 2.24) is 4.98 Å². The molecule has 0 aliphatic heterocycles. The Morgan fingerprint density at radius 3 is 2.55 bits per heavy atom. The van der Waals surface area contributed by atoms with Crippen LogP contribution in [0.2, 0.25) is 0 Å². The quantitative estimate of drug-likeness (QED) is 0.849. The molecule has 0 aliphatic carbocycles. The molecule has 1 heterocycles. The summed E-state index contributed by atoms with van der Waals surface area (Å²) in [7, 11) is -1.34. The highest BCUT2D eigenvalue weighted by Crippen LogP contribution is 2.26. The number of nitrogens with zero attached hydrogens (tertiary/aromatic N) is 2. The molecule has 20 heavy (non-hydrogen) atoms. The Morgan fingerprint density at radius 2 is 1.90 bits per heavy atom. The van der Waals surface area contributed by atoms with Gasteiger partial charge >= 0.3 is 0 Å². The molecule has 0 radical (unpaired) electrons. The minimum absolute atomic E-state index is 0.102. The van der Waals surface area contributed by atoms with Gasteiger partial charge in [-0.25, -0.2) is 8.42 Å². The van der Waals surface area contributed by atoms with Crippen molar-refractivity contribution in [3.63, 3.8) is 0 Å². The number of hydrogen-bond acceptors (Lipinski definition) is 4. The molecule has 1 aromatic carbocycles. The minimum Gasteiger partial charge on any atom is -0.369 e. The average molecular weight is 290 g/mol. The first-order chi connectivity index (χ1) is 9.54. The standard InChI is InChI=1S/C15H18N2O2S/c1-3-20(18,19)15-9-5-4-8-14(15)17(2)12-13-7-6-10-16-11-13/h4-11H,3,12H2,1-2H3. The number of anilines is 1. The molecule has 0 amide bonds. The molecule has 1 aromatic heterocycles. The van der Waals surface area contributed by atoms with E-state index in [1.807, 2.05) is 36.2 Å². The lowest BCUT2D eigenvalue weighted by atomic mass is 10.2. The van der Waals surface area contributed by atoms with Crippen molar-refractivity contribution >= 4 is 15.5 Å². The summed E-state index contributed by atoms with van der Waals surface area (Å²) in [5, 5.41) is 0. The van der Waals surface area contributed by atoms with E-state index in [0.29, 0.717) is 11.4 Å². The molecule has 0 fully saturated rings. The van der Waals surface area contributed by atoms with Crippen LogP contribution in [0, 0.1) is 0 Å². The molecule has 2 aromatic rings. The first-order valence-corrected chi connectivity index (χ1v) is 8.11. The van der Waals surface area contributed by atoms with Gasteiger partial charge < -0.3 is 4.90 Å². The van der Waals surface area contributed by atoms with Crippen LogP contribution in [0.3, 0.4) is 0 Å². The van der Waals surface area contributed by atoms with Crippen LogP contribution in [-0.2, 0) is 16.4 Å². The molecule has 2 rings (SSSR count). The fraction of sp³-hybridized carbons (Fsp3) is 0.267. The zero-order valence-corrected chi connectivity index (χ0v) is 12.5. The zero-order chi connectivity index (χ0) is 14.6. The van der Waals surface area contributed by atoms with E-state index in [9.17, 15) is 8.42 Å². The maximum atomic E-state index is 12.1. The van der Waals surface area contributed by atoms with Gasteiger partial charge in [-0.15, -0.1) is 0 Å². The van der Waals surface area contributed by atoms with Crippen molar-refractivity contribution in [2.75, 3.05) is 17.7 Å². The number of hydrogen-bond donors (Lipinski definition) is 0. The van der Waals surface area contributed by atoms with Gasteiger partial charge in [0, 0.05) is 26.0 Å². The number of benzene rings is 1. The van der Waals surface area contributed by atoms with Crippen molar-refractivity contribution in [1.29, 1.82) is 0 Å². The van der Waals surface area contributed by atoms with E-state index in [4.69, 9.17) is 0 Å². The summed E-state index contributed by atoms with van der Waals surface area (Å²) in [5.41, 5.74) is 1.76. The second kappa shape index (κ2) is 6.05. The van der Waals surface area contributed by atoms with E-state index < -0.39 is 9.84 Å². The molecule has 0 unspecified atom stereocenters. The smallest absolute Gasteiger partial charge is 0.180 e. The summed E-state index contributed by atoms with van der Waals surface area (Å²) in [6, 6.07) is 10.9. The Kier molecular flexibility index (Phi) is 4.39. The lowest BCUT2D eigenvalue weighted by Crippen LogP contribution is -2.19. The van der Waals surface area contributed by atoms with Crippen LogP contribution in [-0.4, -0.2) is 26.2 Å². The Bertz CT molecular complexity index is 669. The molecular weight excluding hydrogens is 272 g/mol. The maximum Gasteiger partial charge on any atom is 0.180 e. The van der Waals surface area contributed by atoms with Gasteiger partial charge in [0.15, 0.2) is 9.84 Å². The summed E-state index contributed by atoms with van der Waals surface area (Å²) < 4.78 is 24.3. The number of para-hydroxylation sites is 1. The van der Waals surface area contributed by atoms with Crippen LogP contribution >= 0.6 is 0 Å². The lowest BCUT2D eigenvalue weighted by Gasteiger charge is -2.22. The molecular formula is C15H18N2O2S. The summed E-state index contributed by atoms with van der Waals surface area (Å²) in [4.78, 5) is 6.39. The Balaban J connectivity index is 2.34. The van der Waals surface area contributed by atoms with Crippen molar-refractivity contribution < 1.29 is 8.42 Å². The largest absolute Gasteiger partial charge is 0.369 e. The molecule has 0 saturated heterocycles. The van der Waals surface area contributed by atoms with E-state index >= 15 is 0 Å². The fourth-order valence-electron chi connectivity index (χ4n) is 2.04. The van der Waals surface area contributed by atoms with Gasteiger partial charge in [-0.2, -0.15) is 0 Å². The van der Waals surface area contributed by atoms with Gasteiger partial charge in [0.1, 0.15) is 0 Å². The van der Waals surface area contributed by atoms with Gasteiger partial charge in [-0.3, -0.25) is 4.98 Å². The average Bonchev–Trinajstić information content (AvgIpc) is 2.48. The van der Waals surface area contributed by atoms with E-state index in [2.05, 4.69) is 4.98 Å². The van der Waals surface area contributed by atoms with Crippen molar-refractivity contribution in [2.45, 2.75) is 18.4 Å². The van der Waals surface area contributed by atoms with Gasteiger partial charge in [0.2, 0.25) is 0 Å². The predicted octanol–water partition coefficient (Wildman–Crippen LogP) is 2.51. The van der Waals surface area contributed by atoms with Crippen LogP contribution in [0.4, 0.5) is 5.69 Å². The second-order valence-corrected chi connectivity index (χ2v) is 6.84. The number of pyridine rings is 1. The second-order valence-electron chi connectivity index (χ2n) is 4.59. The Hall–Kier alpha value is -1.88. The van der Waals surface area contributed by atoms with E-state index in [1.165, 1.54) is 0 Å². The van der Waals surface area contributed by atoms with Crippen LogP contribution in [0.1, 0.15) is 12.5 Å². The van der Waals surface area contributed by atoms with Crippen LogP contribution < -0.4 is 4.90 Å². The molecule has 0 aliphatic rings. The third-order valence-electron chi connectivity index (χ3n) is 3.13. The lowest BCUT2D eigenvalue weighted by molar-refractivity contribution is 0.597. The Labute approximate surface area is 120 Å². The number of sulfone groups is 1. The highest BCUT2D eigenvalue weighted by molar-refractivity contribution is 7.91. The van der Waals surface area contributed by atoms with Crippen molar-refractivity contribution in [3.05, 3.63) is 54.4 Å². The topological polar surface area (TPSA) is 50.3 Å². The van der Waals surface area contributed by atoms with Gasteiger partial charge in [0.25, 0.3) is 0 Å². The highest BCUT2D eigenvalue weighted by atomic mass is 32.2. The summed E-state index contributed by atoms with van der Waals surface area (Å²) >= 11 is 0. The molecule has 0 saturated carbocycles. The van der Waals surface area contributed by atoms with Crippen LogP contribution in [0.15, 0.2) is 53.7 Å². The maximum absolute atomic E-state index is 12.1. The minimum atomic E-state index is -3.22. The van der Waals surface area contributed by atoms with E-state index in [1.54, 1.807) is 31.5 Å². The van der Waals surface area contributed by atoms with E-state index in [0.717, 1.165) is 11.3 Å². The molecule has 106 valence electrons. The molecule has 4 nitrogen and oxygen atoms in total. The third-order valence-corrected chi connectivity index (χ3v) is 4.91. The first kappa shape index (κ1) is 14.5. The van der Waals surface area contributed by atoms with Crippen LogP contribution in [0.25, 0.3) is 0 Å². The molecule has 0 N–H and O–H groups in total. The molecule has 0 bridgehead atoms. The summed E-state index contributed by atoms with van der Waals surface area (Å²) in [5.74, 6) is 0.102. The Morgan fingerprint density at radius 1 is 1.15 bits per heavy atom. The fourth-order valence-corrected chi connectivity index (χ4v) is 3.18. The van der Waals surface area contributed by atoms with E-state index in [-0.39, 0.29) is 5.75 Å². The zero-order valence-electron chi connectivity index (χ0n) is 11.7. The van der Waals surface area contributed by atoms with Gasteiger partial charge in [0.05, 0.1) is 16.3 Å².